The van der Waals surface area contributed by atoms with E-state index in [2.05, 4.69) is 16.0 Å². The Morgan fingerprint density at radius 1 is 0.724 bits per heavy atom. The zero-order valence-electron chi connectivity index (χ0n) is 34.9. The van der Waals surface area contributed by atoms with Crippen LogP contribution in [0.4, 0.5) is 9.59 Å². The molecule has 3 atom stereocenters. The summed E-state index contributed by atoms with van der Waals surface area (Å²) in [5.74, 6) is -1.38. The number of rotatable bonds is 18. The minimum atomic E-state index is -1.13. The van der Waals surface area contributed by atoms with Crippen LogP contribution in [0.1, 0.15) is 103 Å². The first-order valence-electron chi connectivity index (χ1n) is 20.0. The molecule has 0 bridgehead atoms. The lowest BCUT2D eigenvalue weighted by atomic mass is 9.98. The summed E-state index contributed by atoms with van der Waals surface area (Å²) in [4.78, 5) is 60.2. The number of esters is 1. The maximum absolute atomic E-state index is 12.4. The Bertz CT molecular complexity index is 1750. The van der Waals surface area contributed by atoms with E-state index in [0.29, 0.717) is 38.1 Å². The van der Waals surface area contributed by atoms with E-state index < -0.39 is 47.9 Å². The SMILES string of the molecule is CC(C)(C)OC(=O)NCCCC[C@@H](NC(=O)OCC1c2ccccc2-c2ccccc21)C(=O)O.CC(C)C[C@H](NC(=O)[C@@H](N)CC(C)C)C(=O)OCc1ccccc1. The number of nitrogens with one attached hydrogen (secondary N) is 3. The van der Waals surface area contributed by atoms with E-state index in [0.717, 1.165) is 27.8 Å². The third kappa shape index (κ3) is 16.2. The second-order valence-electron chi connectivity index (χ2n) is 16.3. The lowest BCUT2D eigenvalue weighted by molar-refractivity contribution is -0.149. The van der Waals surface area contributed by atoms with Gasteiger partial charge in [-0.1, -0.05) is 107 Å². The van der Waals surface area contributed by atoms with Gasteiger partial charge >= 0.3 is 24.1 Å². The van der Waals surface area contributed by atoms with Crippen LogP contribution in [0.25, 0.3) is 11.1 Å². The number of hydrogen-bond donors (Lipinski definition) is 5. The number of carbonyl (C=O) groups excluding carboxylic acids is 4. The van der Waals surface area contributed by atoms with Crippen molar-refractivity contribution >= 4 is 30.0 Å². The van der Waals surface area contributed by atoms with E-state index >= 15 is 0 Å². The maximum Gasteiger partial charge on any atom is 0.407 e. The fourth-order valence-electron chi connectivity index (χ4n) is 6.43. The maximum atomic E-state index is 12.4. The van der Waals surface area contributed by atoms with Crippen molar-refractivity contribution in [2.24, 2.45) is 17.6 Å². The van der Waals surface area contributed by atoms with Gasteiger partial charge in [-0.05, 0) is 92.5 Å². The van der Waals surface area contributed by atoms with E-state index in [9.17, 15) is 29.1 Å². The molecular weight excluding hydrogens is 741 g/mol. The van der Waals surface area contributed by atoms with Crippen LogP contribution >= 0.6 is 0 Å². The van der Waals surface area contributed by atoms with Gasteiger partial charge in [0.1, 0.15) is 30.9 Å². The average Bonchev–Trinajstić information content (AvgIpc) is 3.48. The zero-order chi connectivity index (χ0) is 42.8. The topological polar surface area (TPSA) is 195 Å². The first kappa shape index (κ1) is 46.9. The molecule has 13 heteroatoms. The molecule has 0 heterocycles. The molecule has 6 N–H and O–H groups in total. The van der Waals surface area contributed by atoms with Crippen LogP contribution in [0.5, 0.6) is 0 Å². The van der Waals surface area contributed by atoms with Crippen molar-refractivity contribution in [1.29, 1.82) is 0 Å². The standard InChI is InChI=1S/C26H32N2O6.C19H30N2O3/c1-26(2,3)34-24(31)27-15-9-8-14-22(23(29)30)28-25(32)33-16-21-19-12-6-4-10-17(19)18-11-5-7-13-20(18)21;1-13(2)10-16(20)18(22)21-17(11-14(3)4)19(23)24-12-15-8-6-5-7-9-15/h4-7,10-13,21-22H,8-9,14-16H2,1-3H3,(H,27,31)(H,28,32)(H,29,30);5-9,13-14,16-17H,10-12,20H2,1-4H3,(H,21,22)/t22-;16-,17-/m10/s1. The fourth-order valence-corrected chi connectivity index (χ4v) is 6.43. The molecule has 3 amide bonds. The van der Waals surface area contributed by atoms with Gasteiger partial charge in [-0.3, -0.25) is 4.79 Å². The molecule has 3 aromatic carbocycles. The average molecular weight is 803 g/mol. The van der Waals surface area contributed by atoms with Crippen molar-refractivity contribution in [3.05, 3.63) is 95.6 Å². The number of unbranched alkanes of at least 4 members (excludes halogenated alkanes) is 1. The highest BCUT2D eigenvalue weighted by atomic mass is 16.6. The van der Waals surface area contributed by atoms with Gasteiger partial charge < -0.3 is 41.0 Å². The summed E-state index contributed by atoms with van der Waals surface area (Å²) in [6, 6.07) is 23.1. The molecular formula is C45H62N4O9. The van der Waals surface area contributed by atoms with E-state index in [1.54, 1.807) is 20.8 Å². The summed E-state index contributed by atoms with van der Waals surface area (Å²) in [6.07, 6.45) is 1.09. The minimum Gasteiger partial charge on any atom is -0.480 e. The highest BCUT2D eigenvalue weighted by Gasteiger charge is 2.30. The minimum absolute atomic E-state index is 0.0969. The molecule has 3 aromatic rings. The Hall–Kier alpha value is -5.43. The number of carbonyl (C=O) groups is 5. The molecule has 0 fully saturated rings. The molecule has 0 spiro atoms. The van der Waals surface area contributed by atoms with Crippen molar-refractivity contribution < 1.29 is 43.3 Å². The molecule has 13 nitrogen and oxygen atoms in total. The number of fused-ring (bicyclic) bond motifs is 3. The van der Waals surface area contributed by atoms with Crippen molar-refractivity contribution in [3.63, 3.8) is 0 Å². The summed E-state index contributed by atoms with van der Waals surface area (Å²) in [6.45, 7) is 14.0. The van der Waals surface area contributed by atoms with Crippen LogP contribution in [0, 0.1) is 11.8 Å². The molecule has 0 saturated heterocycles. The van der Waals surface area contributed by atoms with Gasteiger partial charge in [0, 0.05) is 12.5 Å². The smallest absolute Gasteiger partial charge is 0.407 e. The molecule has 0 aromatic heterocycles. The van der Waals surface area contributed by atoms with Crippen molar-refractivity contribution in [2.45, 2.75) is 117 Å². The number of alkyl carbamates (subject to hydrolysis) is 2. The van der Waals surface area contributed by atoms with Gasteiger partial charge in [-0.25, -0.2) is 19.2 Å². The summed E-state index contributed by atoms with van der Waals surface area (Å²) < 4.78 is 15.9. The van der Waals surface area contributed by atoms with Gasteiger partial charge in [0.25, 0.3) is 0 Å². The number of aliphatic carboxylic acids is 1. The van der Waals surface area contributed by atoms with Crippen LogP contribution in [0.3, 0.4) is 0 Å². The Balaban J connectivity index is 0.000000331. The van der Waals surface area contributed by atoms with Gasteiger partial charge in [0.2, 0.25) is 5.91 Å². The molecule has 1 aliphatic rings. The van der Waals surface area contributed by atoms with Crippen LogP contribution in [0.15, 0.2) is 78.9 Å². The largest absolute Gasteiger partial charge is 0.480 e. The van der Waals surface area contributed by atoms with Crippen LogP contribution in [-0.2, 0) is 35.2 Å². The number of amides is 3. The quantitative estimate of drug-likeness (QED) is 0.0495. The normalized spacial score (nSPS) is 13.5. The summed E-state index contributed by atoms with van der Waals surface area (Å²) in [5, 5.41) is 17.3. The lowest BCUT2D eigenvalue weighted by Gasteiger charge is -2.22. The Kier molecular flexibility index (Phi) is 18.7. The van der Waals surface area contributed by atoms with Crippen LogP contribution in [-0.4, -0.2) is 72.0 Å². The summed E-state index contributed by atoms with van der Waals surface area (Å²) >= 11 is 0. The molecule has 4 rings (SSSR count). The highest BCUT2D eigenvalue weighted by molar-refractivity contribution is 5.87. The van der Waals surface area contributed by atoms with Gasteiger partial charge in [0.15, 0.2) is 0 Å². The Morgan fingerprint density at radius 3 is 1.84 bits per heavy atom. The second-order valence-corrected chi connectivity index (χ2v) is 16.3. The monoisotopic (exact) mass is 802 g/mol. The fraction of sp³-hybridized carbons (Fsp3) is 0.489. The molecule has 0 radical (unpaired) electrons. The molecule has 0 saturated carbocycles. The third-order valence-corrected chi connectivity index (χ3v) is 9.12. The second kappa shape index (κ2) is 23.1. The van der Waals surface area contributed by atoms with Crippen molar-refractivity contribution in [2.75, 3.05) is 13.2 Å². The van der Waals surface area contributed by atoms with Gasteiger partial charge in [0.05, 0.1) is 6.04 Å². The van der Waals surface area contributed by atoms with E-state index in [4.69, 9.17) is 19.9 Å². The number of carboxylic acid groups (broad SMARTS) is 1. The third-order valence-electron chi connectivity index (χ3n) is 9.12. The first-order chi connectivity index (χ1) is 27.4. The Morgan fingerprint density at radius 2 is 1.29 bits per heavy atom. The van der Waals surface area contributed by atoms with E-state index in [1.165, 1.54) is 0 Å². The number of carboxylic acids is 1. The van der Waals surface area contributed by atoms with E-state index in [-0.39, 0.29) is 37.4 Å². The first-order valence-corrected chi connectivity index (χ1v) is 20.0. The van der Waals surface area contributed by atoms with Crippen molar-refractivity contribution in [3.8, 4) is 11.1 Å². The molecule has 0 unspecified atom stereocenters. The molecule has 58 heavy (non-hydrogen) atoms. The van der Waals surface area contributed by atoms with Gasteiger partial charge in [-0.15, -0.1) is 0 Å². The van der Waals surface area contributed by atoms with E-state index in [1.807, 2.05) is 107 Å². The molecule has 0 aliphatic heterocycles. The summed E-state index contributed by atoms with van der Waals surface area (Å²) in [7, 11) is 0. The molecule has 316 valence electrons. The van der Waals surface area contributed by atoms with Gasteiger partial charge in [-0.2, -0.15) is 0 Å². The predicted octanol–water partition coefficient (Wildman–Crippen LogP) is 7.31. The number of benzene rings is 3. The highest BCUT2D eigenvalue weighted by Crippen LogP contribution is 2.44. The van der Waals surface area contributed by atoms with Crippen LogP contribution in [0.2, 0.25) is 0 Å². The lowest BCUT2D eigenvalue weighted by Crippen LogP contribution is -2.49. The molecule has 1 aliphatic carbocycles. The number of nitrogens with two attached hydrogens (primary N) is 1. The predicted molar refractivity (Wildman–Crippen MR) is 223 cm³/mol. The summed E-state index contributed by atoms with van der Waals surface area (Å²) in [5.41, 5.74) is 10.6. The Labute approximate surface area is 342 Å². The zero-order valence-corrected chi connectivity index (χ0v) is 34.9. The van der Waals surface area contributed by atoms with Crippen molar-refractivity contribution in [1.82, 2.24) is 16.0 Å². The number of hydrogen-bond acceptors (Lipinski definition) is 9. The number of ether oxygens (including phenoxy) is 3. The van der Waals surface area contributed by atoms with Crippen LogP contribution < -0.4 is 21.7 Å².